The minimum Gasteiger partial charge on any atom is -0.342 e. The van der Waals surface area contributed by atoms with Gasteiger partial charge in [0.2, 0.25) is 5.95 Å². The van der Waals surface area contributed by atoms with Crippen molar-refractivity contribution < 1.29 is 0 Å². The zero-order valence-electron chi connectivity index (χ0n) is 16.1. The Morgan fingerprint density at radius 3 is 2.52 bits per heavy atom. The van der Waals surface area contributed by atoms with E-state index >= 15 is 0 Å². The van der Waals surface area contributed by atoms with Gasteiger partial charge in [-0.3, -0.25) is 14.5 Å². The zero-order chi connectivity index (χ0) is 19.4. The fourth-order valence-electron chi connectivity index (χ4n) is 3.30. The molecule has 0 radical (unpaired) electrons. The summed E-state index contributed by atoms with van der Waals surface area (Å²) in [5.74, 6) is 0.619. The molecule has 27 heavy (non-hydrogen) atoms. The average molecular weight is 388 g/mol. The van der Waals surface area contributed by atoms with Crippen molar-refractivity contribution in [3.8, 4) is 0 Å². The molecule has 0 aliphatic heterocycles. The van der Waals surface area contributed by atoms with Crippen molar-refractivity contribution in [2.45, 2.75) is 39.5 Å². The van der Waals surface area contributed by atoms with Crippen molar-refractivity contribution in [3.63, 3.8) is 0 Å². The number of fused-ring (bicyclic) bond motifs is 1. The van der Waals surface area contributed by atoms with E-state index < -0.39 is 0 Å². The van der Waals surface area contributed by atoms with Gasteiger partial charge in [-0.2, -0.15) is 5.10 Å². The monoisotopic (exact) mass is 387 g/mol. The van der Waals surface area contributed by atoms with Gasteiger partial charge in [-0.05, 0) is 37.0 Å². The first-order valence-corrected chi connectivity index (χ1v) is 9.86. The van der Waals surface area contributed by atoms with Gasteiger partial charge in [0, 0.05) is 25.2 Å². The van der Waals surface area contributed by atoms with Crippen LogP contribution in [0.1, 0.15) is 37.9 Å². The molecule has 7 heteroatoms. The van der Waals surface area contributed by atoms with Crippen molar-refractivity contribution >= 4 is 28.6 Å². The second kappa shape index (κ2) is 8.57. The summed E-state index contributed by atoms with van der Waals surface area (Å²) in [7, 11) is 1.79. The van der Waals surface area contributed by atoms with Gasteiger partial charge in [-0.15, -0.1) is 0 Å². The lowest BCUT2D eigenvalue weighted by atomic mass is 10.1. The van der Waals surface area contributed by atoms with Gasteiger partial charge in [0.1, 0.15) is 5.52 Å². The molecular weight excluding hydrogens is 362 g/mol. The lowest BCUT2D eigenvalue weighted by Crippen LogP contribution is -2.30. The molecule has 0 amide bonds. The molecule has 2 aromatic heterocycles. The second-order valence-corrected chi connectivity index (χ2v) is 7.21. The first kappa shape index (κ1) is 19.4. The van der Waals surface area contributed by atoms with Crippen LogP contribution in [0, 0.1) is 0 Å². The third kappa shape index (κ3) is 4.33. The van der Waals surface area contributed by atoms with Crippen LogP contribution in [0.25, 0.3) is 11.0 Å². The Bertz CT molecular complexity index is 961. The molecular formula is C20H26ClN5O. The van der Waals surface area contributed by atoms with Crippen molar-refractivity contribution in [1.29, 1.82) is 0 Å². The first-order chi connectivity index (χ1) is 13.0. The van der Waals surface area contributed by atoms with Gasteiger partial charge in [0.25, 0.3) is 5.56 Å². The maximum atomic E-state index is 12.7. The van der Waals surface area contributed by atoms with Gasteiger partial charge in [-0.25, -0.2) is 4.98 Å². The van der Waals surface area contributed by atoms with Crippen molar-refractivity contribution in [3.05, 3.63) is 50.9 Å². The minimum atomic E-state index is -0.139. The fraction of sp³-hybridized carbons (Fsp3) is 0.450. The number of H-pyrrole nitrogens is 1. The summed E-state index contributed by atoms with van der Waals surface area (Å²) in [5, 5.41) is 5.23. The van der Waals surface area contributed by atoms with Gasteiger partial charge in [0.05, 0.1) is 5.69 Å². The molecule has 6 nitrogen and oxygen atoms in total. The SMILES string of the molecule is CCCc1nn(C)c2c(=O)[nH]c(N(CCC)CCc3ccc(Cl)cc3)nc12. The molecule has 0 saturated heterocycles. The molecule has 0 spiro atoms. The van der Waals surface area contributed by atoms with Gasteiger partial charge < -0.3 is 4.90 Å². The summed E-state index contributed by atoms with van der Waals surface area (Å²) in [4.78, 5) is 22.5. The number of anilines is 1. The summed E-state index contributed by atoms with van der Waals surface area (Å²) in [6.07, 6.45) is 3.60. The largest absolute Gasteiger partial charge is 0.342 e. The molecule has 2 heterocycles. The van der Waals surface area contributed by atoms with Crippen LogP contribution in [-0.2, 0) is 19.9 Å². The molecule has 1 N–H and O–H groups in total. The number of aryl methyl sites for hydroxylation is 2. The first-order valence-electron chi connectivity index (χ1n) is 9.48. The molecule has 0 fully saturated rings. The van der Waals surface area contributed by atoms with Gasteiger partial charge >= 0.3 is 0 Å². The Morgan fingerprint density at radius 1 is 1.11 bits per heavy atom. The Hall–Kier alpha value is -2.34. The van der Waals surface area contributed by atoms with Crippen molar-refractivity contribution in [2.75, 3.05) is 18.0 Å². The standard InChI is InChI=1S/C20H26ClN5O/c1-4-6-16-17-18(25(3)24-16)19(27)23-20(22-17)26(12-5-2)13-11-14-7-9-15(21)10-8-14/h7-10H,4-6,11-13H2,1-3H3,(H,22,23,27). The van der Waals surface area contributed by atoms with Crippen LogP contribution in [0.3, 0.4) is 0 Å². The highest BCUT2D eigenvalue weighted by Crippen LogP contribution is 2.18. The van der Waals surface area contributed by atoms with Crippen LogP contribution in [0.15, 0.2) is 29.1 Å². The lowest BCUT2D eigenvalue weighted by Gasteiger charge is -2.22. The van der Waals surface area contributed by atoms with Crippen LogP contribution in [0.4, 0.5) is 5.95 Å². The molecule has 3 aromatic rings. The maximum Gasteiger partial charge on any atom is 0.278 e. The Labute approximate surface area is 164 Å². The number of hydrogen-bond acceptors (Lipinski definition) is 4. The Balaban J connectivity index is 1.92. The number of halogens is 1. The topological polar surface area (TPSA) is 66.8 Å². The van der Waals surface area contributed by atoms with Crippen molar-refractivity contribution in [1.82, 2.24) is 19.7 Å². The smallest absolute Gasteiger partial charge is 0.278 e. The Kier molecular flexibility index (Phi) is 6.16. The molecule has 0 aliphatic carbocycles. The van der Waals surface area contributed by atoms with E-state index in [-0.39, 0.29) is 5.56 Å². The molecule has 0 aliphatic rings. The molecule has 0 bridgehead atoms. The quantitative estimate of drug-likeness (QED) is 0.639. The molecule has 0 unspecified atom stereocenters. The van der Waals surface area contributed by atoms with E-state index in [1.807, 2.05) is 24.3 Å². The highest BCUT2D eigenvalue weighted by molar-refractivity contribution is 6.30. The van der Waals surface area contributed by atoms with Crippen molar-refractivity contribution in [2.24, 2.45) is 7.05 Å². The van der Waals surface area contributed by atoms with E-state index in [9.17, 15) is 4.79 Å². The lowest BCUT2D eigenvalue weighted by molar-refractivity contribution is 0.730. The number of rotatable bonds is 8. The van der Waals surface area contributed by atoms with E-state index in [2.05, 4.69) is 28.8 Å². The molecule has 0 saturated carbocycles. The van der Waals surface area contributed by atoms with Crippen LogP contribution < -0.4 is 10.5 Å². The van der Waals surface area contributed by atoms with Crippen LogP contribution in [-0.4, -0.2) is 32.8 Å². The summed E-state index contributed by atoms with van der Waals surface area (Å²) in [6.45, 7) is 5.82. The van der Waals surface area contributed by atoms with Crippen LogP contribution >= 0.6 is 11.6 Å². The van der Waals surface area contributed by atoms with Crippen LogP contribution in [0.5, 0.6) is 0 Å². The predicted molar refractivity (Wildman–Crippen MR) is 111 cm³/mol. The average Bonchev–Trinajstić information content (AvgIpc) is 2.96. The number of aromatic nitrogens is 4. The van der Waals surface area contributed by atoms with Gasteiger partial charge in [-0.1, -0.05) is 44.0 Å². The molecule has 0 atom stereocenters. The number of benzene rings is 1. The summed E-state index contributed by atoms with van der Waals surface area (Å²) in [5.41, 5.74) is 3.20. The van der Waals surface area contributed by atoms with E-state index in [1.165, 1.54) is 5.56 Å². The minimum absolute atomic E-state index is 0.139. The van der Waals surface area contributed by atoms with Gasteiger partial charge in [0.15, 0.2) is 5.52 Å². The highest BCUT2D eigenvalue weighted by atomic mass is 35.5. The number of nitrogens with zero attached hydrogens (tertiary/aromatic N) is 4. The number of hydrogen-bond donors (Lipinski definition) is 1. The number of nitrogens with one attached hydrogen (secondary N) is 1. The normalized spacial score (nSPS) is 11.3. The summed E-state index contributed by atoms with van der Waals surface area (Å²) in [6, 6.07) is 7.87. The van der Waals surface area contributed by atoms with E-state index in [4.69, 9.17) is 16.6 Å². The summed E-state index contributed by atoms with van der Waals surface area (Å²) >= 11 is 5.97. The fourth-order valence-corrected chi connectivity index (χ4v) is 3.42. The predicted octanol–water partition coefficient (Wildman–Crippen LogP) is 3.72. The zero-order valence-corrected chi connectivity index (χ0v) is 16.9. The van der Waals surface area contributed by atoms with E-state index in [0.717, 1.165) is 49.5 Å². The van der Waals surface area contributed by atoms with E-state index in [1.54, 1.807) is 11.7 Å². The molecule has 3 rings (SSSR count). The molecule has 1 aromatic carbocycles. The third-order valence-corrected chi connectivity index (χ3v) is 4.87. The highest BCUT2D eigenvalue weighted by Gasteiger charge is 2.17. The van der Waals surface area contributed by atoms with Crippen LogP contribution in [0.2, 0.25) is 5.02 Å². The number of aromatic amines is 1. The maximum absolute atomic E-state index is 12.7. The molecule has 144 valence electrons. The van der Waals surface area contributed by atoms with E-state index in [0.29, 0.717) is 17.0 Å². The third-order valence-electron chi connectivity index (χ3n) is 4.61. The second-order valence-electron chi connectivity index (χ2n) is 6.77. The summed E-state index contributed by atoms with van der Waals surface area (Å²) < 4.78 is 1.63. The Morgan fingerprint density at radius 2 is 1.85 bits per heavy atom.